The van der Waals surface area contributed by atoms with Crippen molar-refractivity contribution in [3.8, 4) is 0 Å². The van der Waals surface area contributed by atoms with Gasteiger partial charge in [-0.2, -0.15) is 0 Å². The van der Waals surface area contributed by atoms with Crippen LogP contribution in [0.15, 0.2) is 24.7 Å². The molecule has 2 aromatic rings. The summed E-state index contributed by atoms with van der Waals surface area (Å²) in [6.07, 6.45) is 3.39. The highest BCUT2D eigenvalue weighted by atomic mass is 16.4. The van der Waals surface area contributed by atoms with Crippen molar-refractivity contribution >= 4 is 11.5 Å². The molecule has 3 N–H and O–H groups in total. The van der Waals surface area contributed by atoms with Gasteiger partial charge in [-0.1, -0.05) is 0 Å². The zero-order chi connectivity index (χ0) is 11.0. The Morgan fingerprint density at radius 3 is 3.07 bits per heavy atom. The summed E-state index contributed by atoms with van der Waals surface area (Å²) in [5.41, 5.74) is 7.70. The smallest absolute Gasteiger partial charge is 0.326 e. The van der Waals surface area contributed by atoms with Crippen molar-refractivity contribution in [1.29, 1.82) is 0 Å². The molecule has 15 heavy (non-hydrogen) atoms. The fraction of sp³-hybridized carbons (Fsp3) is 0.200. The lowest BCUT2D eigenvalue weighted by Gasteiger charge is -2.03. The van der Waals surface area contributed by atoms with Crippen molar-refractivity contribution in [2.45, 2.75) is 13.0 Å². The van der Waals surface area contributed by atoms with E-state index in [-0.39, 0.29) is 0 Å². The number of nitrogens with two attached hydrogens (primary N) is 1. The molecule has 1 unspecified atom stereocenters. The molecular weight excluding hydrogens is 194 g/mol. The Balaban J connectivity index is 2.61. The van der Waals surface area contributed by atoms with Gasteiger partial charge in [0, 0.05) is 6.20 Å². The van der Waals surface area contributed by atoms with Crippen LogP contribution < -0.4 is 5.73 Å². The molecular formula is C10H11N3O2. The van der Waals surface area contributed by atoms with Crippen LogP contribution in [-0.4, -0.2) is 20.5 Å². The van der Waals surface area contributed by atoms with E-state index >= 15 is 0 Å². The zero-order valence-electron chi connectivity index (χ0n) is 8.21. The molecule has 2 rings (SSSR count). The summed E-state index contributed by atoms with van der Waals surface area (Å²) in [7, 11) is 0. The summed E-state index contributed by atoms with van der Waals surface area (Å²) in [5, 5.41) is 8.81. The van der Waals surface area contributed by atoms with Gasteiger partial charge in [-0.25, -0.2) is 4.98 Å². The first kappa shape index (κ1) is 9.67. The molecule has 0 amide bonds. The third kappa shape index (κ3) is 1.57. The molecule has 78 valence electrons. The largest absolute Gasteiger partial charge is 0.480 e. The Labute approximate surface area is 86.2 Å². The summed E-state index contributed by atoms with van der Waals surface area (Å²) in [5.74, 6) is -1.07. The average molecular weight is 205 g/mol. The van der Waals surface area contributed by atoms with Crippen LogP contribution in [0.4, 0.5) is 0 Å². The van der Waals surface area contributed by atoms with E-state index in [2.05, 4.69) is 4.98 Å². The molecule has 0 radical (unpaired) electrons. The quantitative estimate of drug-likeness (QED) is 0.757. The molecule has 0 aliphatic carbocycles. The molecule has 0 spiro atoms. The third-order valence-corrected chi connectivity index (χ3v) is 2.28. The van der Waals surface area contributed by atoms with Crippen molar-refractivity contribution in [3.63, 3.8) is 0 Å². The number of aliphatic carboxylic acids is 1. The second-order valence-electron chi connectivity index (χ2n) is 3.44. The second-order valence-corrected chi connectivity index (χ2v) is 3.44. The monoisotopic (exact) mass is 205 g/mol. The van der Waals surface area contributed by atoms with Gasteiger partial charge in [0.15, 0.2) is 0 Å². The average Bonchev–Trinajstić information content (AvgIpc) is 2.59. The molecule has 2 heterocycles. The topological polar surface area (TPSA) is 80.6 Å². The minimum Gasteiger partial charge on any atom is -0.480 e. The number of rotatable bonds is 2. The maximum absolute atomic E-state index is 10.8. The van der Waals surface area contributed by atoms with E-state index in [9.17, 15) is 4.79 Å². The molecule has 0 aliphatic rings. The Morgan fingerprint density at radius 1 is 1.67 bits per heavy atom. The van der Waals surface area contributed by atoms with E-state index < -0.39 is 12.0 Å². The van der Waals surface area contributed by atoms with Crippen LogP contribution in [0, 0.1) is 6.92 Å². The van der Waals surface area contributed by atoms with Crippen LogP contribution >= 0.6 is 0 Å². The number of carbonyl (C=O) groups is 1. The summed E-state index contributed by atoms with van der Waals surface area (Å²) in [6, 6.07) is 2.72. The molecule has 0 aromatic carbocycles. The van der Waals surface area contributed by atoms with Gasteiger partial charge in [-0.15, -0.1) is 0 Å². The van der Waals surface area contributed by atoms with Crippen LogP contribution in [0.25, 0.3) is 5.52 Å². The minimum atomic E-state index is -1.07. The highest BCUT2D eigenvalue weighted by molar-refractivity contribution is 5.78. The molecule has 0 saturated heterocycles. The molecule has 2 aromatic heterocycles. The molecule has 1 atom stereocenters. The minimum absolute atomic E-state index is 0.395. The van der Waals surface area contributed by atoms with E-state index in [0.29, 0.717) is 5.69 Å². The molecule has 0 saturated carbocycles. The van der Waals surface area contributed by atoms with Gasteiger partial charge in [-0.3, -0.25) is 4.79 Å². The number of nitrogens with zero attached hydrogens (tertiary/aromatic N) is 2. The van der Waals surface area contributed by atoms with Gasteiger partial charge in [0.05, 0.1) is 17.5 Å². The highest BCUT2D eigenvalue weighted by Crippen LogP contribution is 2.17. The number of carboxylic acid groups (broad SMARTS) is 1. The molecule has 0 bridgehead atoms. The van der Waals surface area contributed by atoms with Gasteiger partial charge in [0.1, 0.15) is 6.04 Å². The van der Waals surface area contributed by atoms with E-state index in [1.807, 2.05) is 25.3 Å². The summed E-state index contributed by atoms with van der Waals surface area (Å²) in [6.45, 7) is 1.93. The summed E-state index contributed by atoms with van der Waals surface area (Å²) < 4.78 is 1.76. The van der Waals surface area contributed by atoms with Crippen LogP contribution in [0.1, 0.15) is 17.3 Å². The van der Waals surface area contributed by atoms with E-state index in [4.69, 9.17) is 10.8 Å². The molecule has 5 heteroatoms. The maximum atomic E-state index is 10.8. The van der Waals surface area contributed by atoms with Crippen LogP contribution in [0.3, 0.4) is 0 Å². The second kappa shape index (κ2) is 3.36. The van der Waals surface area contributed by atoms with Gasteiger partial charge >= 0.3 is 5.97 Å². The highest BCUT2D eigenvalue weighted by Gasteiger charge is 2.19. The molecule has 0 fully saturated rings. The Kier molecular flexibility index (Phi) is 2.17. The normalized spacial score (nSPS) is 12.9. The summed E-state index contributed by atoms with van der Waals surface area (Å²) in [4.78, 5) is 14.8. The van der Waals surface area contributed by atoms with Gasteiger partial charge in [0.2, 0.25) is 0 Å². The van der Waals surface area contributed by atoms with Crippen molar-refractivity contribution in [3.05, 3.63) is 35.9 Å². The van der Waals surface area contributed by atoms with Crippen molar-refractivity contribution in [2.24, 2.45) is 5.73 Å². The van der Waals surface area contributed by atoms with Crippen LogP contribution in [0.5, 0.6) is 0 Å². The number of hydrogen-bond donors (Lipinski definition) is 2. The van der Waals surface area contributed by atoms with Crippen molar-refractivity contribution < 1.29 is 9.90 Å². The van der Waals surface area contributed by atoms with Crippen molar-refractivity contribution in [1.82, 2.24) is 9.38 Å². The van der Waals surface area contributed by atoms with Crippen LogP contribution in [0.2, 0.25) is 0 Å². The van der Waals surface area contributed by atoms with E-state index in [1.165, 1.54) is 0 Å². The van der Waals surface area contributed by atoms with Crippen LogP contribution in [-0.2, 0) is 4.79 Å². The zero-order valence-corrected chi connectivity index (χ0v) is 8.21. The van der Waals surface area contributed by atoms with E-state index in [1.54, 1.807) is 10.7 Å². The standard InChI is InChI=1S/C10H11N3O2/c1-6-2-3-13-5-12-9(7(13)4-6)8(11)10(14)15/h2-5,8H,11H2,1H3,(H,14,15). The fourth-order valence-corrected chi connectivity index (χ4v) is 1.47. The lowest BCUT2D eigenvalue weighted by Crippen LogP contribution is -2.21. The fourth-order valence-electron chi connectivity index (χ4n) is 1.47. The maximum Gasteiger partial charge on any atom is 0.326 e. The number of pyridine rings is 1. The third-order valence-electron chi connectivity index (χ3n) is 2.28. The Morgan fingerprint density at radius 2 is 2.40 bits per heavy atom. The van der Waals surface area contributed by atoms with Crippen molar-refractivity contribution in [2.75, 3.05) is 0 Å². The van der Waals surface area contributed by atoms with Gasteiger partial charge in [0.25, 0.3) is 0 Å². The Bertz CT molecular complexity index is 518. The SMILES string of the molecule is Cc1ccn2cnc(C(N)C(=O)O)c2c1. The number of carboxylic acids is 1. The number of aromatic nitrogens is 2. The molecule has 0 aliphatic heterocycles. The number of aryl methyl sites for hydroxylation is 1. The number of imidazole rings is 1. The first-order chi connectivity index (χ1) is 7.09. The first-order valence-corrected chi connectivity index (χ1v) is 4.51. The summed E-state index contributed by atoms with van der Waals surface area (Å²) >= 11 is 0. The predicted octanol–water partition coefficient (Wildman–Crippen LogP) is 0.727. The lowest BCUT2D eigenvalue weighted by atomic mass is 10.1. The predicted molar refractivity (Wildman–Crippen MR) is 54.5 cm³/mol. The Hall–Kier alpha value is -1.88. The van der Waals surface area contributed by atoms with Gasteiger partial charge in [-0.05, 0) is 24.6 Å². The molecule has 5 nitrogen and oxygen atoms in total. The number of fused-ring (bicyclic) bond motifs is 1. The van der Waals surface area contributed by atoms with E-state index in [0.717, 1.165) is 11.1 Å². The first-order valence-electron chi connectivity index (χ1n) is 4.51. The number of hydrogen-bond acceptors (Lipinski definition) is 3. The van der Waals surface area contributed by atoms with Gasteiger partial charge < -0.3 is 15.2 Å². The lowest BCUT2D eigenvalue weighted by molar-refractivity contribution is -0.138.